The first kappa shape index (κ1) is 20.9. The molecule has 9 heteroatoms. The molecule has 2 atom stereocenters. The van der Waals surface area contributed by atoms with Crippen LogP contribution in [-0.2, 0) is 0 Å². The van der Waals surface area contributed by atoms with Gasteiger partial charge in [-0.2, -0.15) is 4.98 Å². The minimum Gasteiger partial charge on any atom is -0.368 e. The number of hydrogen-bond donors (Lipinski definition) is 3. The average Bonchev–Trinajstić information content (AvgIpc) is 3.56. The number of piperidine rings is 1. The summed E-state index contributed by atoms with van der Waals surface area (Å²) in [6.45, 7) is 3.98. The Morgan fingerprint density at radius 2 is 1.97 bits per heavy atom. The Labute approximate surface area is 198 Å². The predicted octanol–water partition coefficient (Wildman–Crippen LogP) is 3.90. The summed E-state index contributed by atoms with van der Waals surface area (Å²) in [6, 6.07) is 8.75. The van der Waals surface area contributed by atoms with E-state index < -0.39 is 0 Å². The number of nitrogens with one attached hydrogen (secondary N) is 3. The number of aromatic nitrogens is 4. The molecule has 172 valence electrons. The maximum atomic E-state index is 5.06. The third-order valence-electron chi connectivity index (χ3n) is 7.02. The molecule has 0 unspecified atom stereocenters. The summed E-state index contributed by atoms with van der Waals surface area (Å²) in [6.07, 6.45) is 8.72. The van der Waals surface area contributed by atoms with Crippen LogP contribution in [0.4, 0.5) is 23.3 Å². The van der Waals surface area contributed by atoms with E-state index in [4.69, 9.17) is 9.97 Å². The Morgan fingerprint density at radius 1 is 1.06 bits per heavy atom. The summed E-state index contributed by atoms with van der Waals surface area (Å²) in [5.74, 6) is 3.71. The van der Waals surface area contributed by atoms with Gasteiger partial charge in [0.2, 0.25) is 5.95 Å². The highest BCUT2D eigenvalue weighted by Gasteiger charge is 2.36. The van der Waals surface area contributed by atoms with Crippen LogP contribution in [0.3, 0.4) is 0 Å². The van der Waals surface area contributed by atoms with Crippen LogP contribution in [0.15, 0.2) is 35.5 Å². The van der Waals surface area contributed by atoms with Crippen molar-refractivity contribution >= 4 is 46.1 Å². The lowest BCUT2D eigenvalue weighted by Gasteiger charge is -2.37. The van der Waals surface area contributed by atoms with Crippen LogP contribution in [0.1, 0.15) is 25.7 Å². The Hall–Kier alpha value is -2.65. The van der Waals surface area contributed by atoms with Gasteiger partial charge in [-0.15, -0.1) is 11.8 Å². The molecule has 3 aliphatic rings. The molecule has 3 N–H and O–H groups in total. The molecule has 6 rings (SSSR count). The molecular weight excluding hydrogens is 432 g/mol. The molecule has 33 heavy (non-hydrogen) atoms. The van der Waals surface area contributed by atoms with Gasteiger partial charge in [-0.1, -0.05) is 12.1 Å². The number of nitrogens with zero attached hydrogens (tertiary/aromatic N) is 5. The van der Waals surface area contributed by atoms with Crippen molar-refractivity contribution in [3.8, 4) is 0 Å². The third-order valence-corrected chi connectivity index (χ3v) is 7.82. The van der Waals surface area contributed by atoms with E-state index in [2.05, 4.69) is 55.3 Å². The SMILES string of the molecule is CSc1ccccc1Nc1nc(N2CCC[C@H]3CNC[C@H]32)nc2c(NCC3CC3)ncnc12. The summed E-state index contributed by atoms with van der Waals surface area (Å²) in [7, 11) is 0. The molecule has 8 nitrogen and oxygen atoms in total. The second kappa shape index (κ2) is 8.95. The number of anilines is 4. The lowest BCUT2D eigenvalue weighted by Crippen LogP contribution is -2.46. The molecule has 1 aromatic carbocycles. The van der Waals surface area contributed by atoms with Crippen molar-refractivity contribution in [2.75, 3.05) is 48.0 Å². The van der Waals surface area contributed by atoms with E-state index in [9.17, 15) is 0 Å². The quantitative estimate of drug-likeness (QED) is 0.452. The highest BCUT2D eigenvalue weighted by molar-refractivity contribution is 7.98. The summed E-state index contributed by atoms with van der Waals surface area (Å²) in [4.78, 5) is 22.9. The van der Waals surface area contributed by atoms with Crippen molar-refractivity contribution < 1.29 is 0 Å². The van der Waals surface area contributed by atoms with Crippen LogP contribution in [0, 0.1) is 11.8 Å². The molecule has 1 saturated carbocycles. The molecule has 4 heterocycles. The topological polar surface area (TPSA) is 90.9 Å². The third kappa shape index (κ3) is 4.19. The Balaban J connectivity index is 1.45. The summed E-state index contributed by atoms with van der Waals surface area (Å²) in [5, 5.41) is 10.7. The minimum absolute atomic E-state index is 0.440. The van der Waals surface area contributed by atoms with Crippen LogP contribution in [-0.4, -0.2) is 58.4 Å². The highest BCUT2D eigenvalue weighted by Crippen LogP contribution is 2.35. The van der Waals surface area contributed by atoms with Crippen molar-refractivity contribution in [2.45, 2.75) is 36.6 Å². The van der Waals surface area contributed by atoms with Gasteiger partial charge < -0.3 is 20.9 Å². The van der Waals surface area contributed by atoms with E-state index in [1.165, 1.54) is 30.6 Å². The fourth-order valence-electron chi connectivity index (χ4n) is 5.04. The number of hydrogen-bond acceptors (Lipinski definition) is 9. The Kier molecular flexibility index (Phi) is 5.67. The van der Waals surface area contributed by atoms with Gasteiger partial charge >= 0.3 is 0 Å². The molecular formula is C24H30N8S. The largest absolute Gasteiger partial charge is 0.368 e. The fourth-order valence-corrected chi connectivity index (χ4v) is 5.59. The van der Waals surface area contributed by atoms with Crippen molar-refractivity contribution in [1.29, 1.82) is 0 Å². The van der Waals surface area contributed by atoms with Crippen LogP contribution in [0.5, 0.6) is 0 Å². The summed E-state index contributed by atoms with van der Waals surface area (Å²) < 4.78 is 0. The van der Waals surface area contributed by atoms with Gasteiger partial charge in [0.15, 0.2) is 11.6 Å². The van der Waals surface area contributed by atoms with E-state index in [0.717, 1.165) is 66.4 Å². The number of para-hydroxylation sites is 1. The first-order chi connectivity index (χ1) is 16.3. The number of rotatable bonds is 7. The smallest absolute Gasteiger partial charge is 0.228 e. The molecule has 0 spiro atoms. The van der Waals surface area contributed by atoms with Gasteiger partial charge in [0.25, 0.3) is 0 Å². The molecule has 0 amide bonds. The summed E-state index contributed by atoms with van der Waals surface area (Å²) >= 11 is 1.72. The molecule has 2 saturated heterocycles. The number of fused-ring (bicyclic) bond motifs is 2. The van der Waals surface area contributed by atoms with Crippen molar-refractivity contribution in [2.24, 2.45) is 11.8 Å². The van der Waals surface area contributed by atoms with Crippen LogP contribution >= 0.6 is 11.8 Å². The average molecular weight is 463 g/mol. The maximum absolute atomic E-state index is 5.06. The molecule has 0 bridgehead atoms. The van der Waals surface area contributed by atoms with E-state index >= 15 is 0 Å². The minimum atomic E-state index is 0.440. The molecule has 1 aliphatic carbocycles. The van der Waals surface area contributed by atoms with Crippen molar-refractivity contribution in [3.63, 3.8) is 0 Å². The number of thioether (sulfide) groups is 1. The van der Waals surface area contributed by atoms with Crippen molar-refractivity contribution in [3.05, 3.63) is 30.6 Å². The zero-order chi connectivity index (χ0) is 22.2. The van der Waals surface area contributed by atoms with Gasteiger partial charge in [0.05, 0.1) is 5.69 Å². The molecule has 2 aromatic heterocycles. The Morgan fingerprint density at radius 3 is 2.85 bits per heavy atom. The van der Waals surface area contributed by atoms with Gasteiger partial charge in [0.1, 0.15) is 17.4 Å². The second-order valence-electron chi connectivity index (χ2n) is 9.26. The van der Waals surface area contributed by atoms with Gasteiger partial charge in [-0.25, -0.2) is 15.0 Å². The molecule has 3 fully saturated rings. The molecule has 3 aromatic rings. The zero-order valence-corrected chi connectivity index (χ0v) is 19.7. The van der Waals surface area contributed by atoms with E-state index in [0.29, 0.717) is 12.0 Å². The van der Waals surface area contributed by atoms with Crippen LogP contribution in [0.25, 0.3) is 11.0 Å². The number of benzene rings is 1. The van der Waals surface area contributed by atoms with E-state index in [1.54, 1.807) is 18.1 Å². The Bertz CT molecular complexity index is 1150. The first-order valence-electron chi connectivity index (χ1n) is 11.9. The van der Waals surface area contributed by atoms with Gasteiger partial charge in [-0.05, 0) is 55.9 Å². The first-order valence-corrected chi connectivity index (χ1v) is 13.2. The second-order valence-corrected chi connectivity index (χ2v) is 10.1. The molecule has 2 aliphatic heterocycles. The van der Waals surface area contributed by atoms with Gasteiger partial charge in [-0.3, -0.25) is 0 Å². The highest BCUT2D eigenvalue weighted by atomic mass is 32.2. The maximum Gasteiger partial charge on any atom is 0.228 e. The van der Waals surface area contributed by atoms with Gasteiger partial charge in [0, 0.05) is 37.1 Å². The standard InChI is InChI=1S/C24H30N8S/c1-33-19-7-3-2-6-17(19)29-23-20-21(22(28-14-27-20)26-11-15-8-9-15)30-24(31-23)32-10-4-5-16-12-25-13-18(16)32/h2-3,6-7,14-16,18,25H,4-5,8-13H2,1H3,(H,26,27,28)(H,29,30,31)/t16-,18+/m0/s1. The van der Waals surface area contributed by atoms with Crippen molar-refractivity contribution in [1.82, 2.24) is 25.3 Å². The lowest BCUT2D eigenvalue weighted by atomic mass is 9.92. The monoisotopic (exact) mass is 462 g/mol. The zero-order valence-electron chi connectivity index (χ0n) is 18.9. The molecule has 0 radical (unpaired) electrons. The normalized spacial score (nSPS) is 22.4. The van der Waals surface area contributed by atoms with Crippen LogP contribution in [0.2, 0.25) is 0 Å². The predicted molar refractivity (Wildman–Crippen MR) is 135 cm³/mol. The van der Waals surface area contributed by atoms with E-state index in [-0.39, 0.29) is 0 Å². The van der Waals surface area contributed by atoms with Crippen LogP contribution < -0.4 is 20.9 Å². The van der Waals surface area contributed by atoms with E-state index in [1.807, 2.05) is 6.07 Å². The fraction of sp³-hybridized carbons (Fsp3) is 0.500. The lowest BCUT2D eigenvalue weighted by molar-refractivity contribution is 0.381. The summed E-state index contributed by atoms with van der Waals surface area (Å²) in [5.41, 5.74) is 2.57.